The van der Waals surface area contributed by atoms with Gasteiger partial charge < -0.3 is 0 Å². The van der Waals surface area contributed by atoms with Crippen LogP contribution < -0.4 is 5.56 Å². The summed E-state index contributed by atoms with van der Waals surface area (Å²) in [5, 5.41) is 0. The molecule has 5 heteroatoms. The zero-order valence-corrected chi connectivity index (χ0v) is 10.4. The molecule has 2 rings (SSSR count). The van der Waals surface area contributed by atoms with Crippen molar-refractivity contribution in [2.75, 3.05) is 0 Å². The summed E-state index contributed by atoms with van der Waals surface area (Å²) < 4.78 is 2.29. The summed E-state index contributed by atoms with van der Waals surface area (Å²) in [7, 11) is 0. The molecule has 4 nitrogen and oxygen atoms in total. The van der Waals surface area contributed by atoms with E-state index in [4.69, 9.17) is 0 Å². The van der Waals surface area contributed by atoms with E-state index in [0.29, 0.717) is 5.65 Å². The number of rotatable bonds is 1. The first-order valence-electron chi connectivity index (χ1n) is 4.69. The van der Waals surface area contributed by atoms with Gasteiger partial charge in [-0.25, -0.2) is 4.98 Å². The SMILES string of the molecule is CC(=O)c1cnc2cc(Br)cc(C)n2c1=O. The number of pyridine rings is 1. The van der Waals surface area contributed by atoms with Crippen LogP contribution in [0.15, 0.2) is 27.6 Å². The minimum atomic E-state index is -0.317. The Hall–Kier alpha value is -1.49. The van der Waals surface area contributed by atoms with Gasteiger partial charge in [-0.3, -0.25) is 14.0 Å². The van der Waals surface area contributed by atoms with Crippen molar-refractivity contribution in [2.45, 2.75) is 13.8 Å². The molecule has 0 unspecified atom stereocenters. The molecule has 0 bridgehead atoms. The Morgan fingerprint density at radius 3 is 2.75 bits per heavy atom. The fraction of sp³-hybridized carbons (Fsp3) is 0.182. The van der Waals surface area contributed by atoms with Gasteiger partial charge in [-0.15, -0.1) is 0 Å². The number of hydrogen-bond donors (Lipinski definition) is 0. The summed E-state index contributed by atoms with van der Waals surface area (Å²) in [6, 6.07) is 3.54. The number of halogens is 1. The largest absolute Gasteiger partial charge is 0.294 e. The number of ketones is 1. The molecule has 2 aromatic heterocycles. The first-order valence-corrected chi connectivity index (χ1v) is 5.49. The average molecular weight is 281 g/mol. The van der Waals surface area contributed by atoms with Gasteiger partial charge in [0.15, 0.2) is 5.78 Å². The quantitative estimate of drug-likeness (QED) is 0.751. The van der Waals surface area contributed by atoms with Crippen LogP contribution >= 0.6 is 15.9 Å². The molecule has 2 aromatic rings. The highest BCUT2D eigenvalue weighted by atomic mass is 79.9. The lowest BCUT2D eigenvalue weighted by Crippen LogP contribution is -2.23. The summed E-state index contributed by atoms with van der Waals surface area (Å²) >= 11 is 3.33. The molecule has 0 saturated carbocycles. The van der Waals surface area contributed by atoms with Crippen molar-refractivity contribution in [1.29, 1.82) is 0 Å². The van der Waals surface area contributed by atoms with Crippen LogP contribution in [0, 0.1) is 6.92 Å². The Kier molecular flexibility index (Phi) is 2.63. The normalized spacial score (nSPS) is 10.7. The van der Waals surface area contributed by atoms with Crippen LogP contribution in [-0.4, -0.2) is 15.2 Å². The molecule has 2 heterocycles. The number of Topliss-reactive ketones (excluding diaryl/α,β-unsaturated/α-hetero) is 1. The molecule has 0 N–H and O–H groups in total. The number of hydrogen-bond acceptors (Lipinski definition) is 3. The molecule has 0 atom stereocenters. The van der Waals surface area contributed by atoms with Crippen molar-refractivity contribution >= 4 is 27.4 Å². The van der Waals surface area contributed by atoms with E-state index in [1.165, 1.54) is 17.5 Å². The maximum atomic E-state index is 12.0. The first-order chi connectivity index (χ1) is 7.50. The van der Waals surface area contributed by atoms with E-state index in [-0.39, 0.29) is 16.9 Å². The molecule has 0 amide bonds. The zero-order valence-electron chi connectivity index (χ0n) is 8.82. The van der Waals surface area contributed by atoms with Gasteiger partial charge in [0.2, 0.25) is 0 Å². The van der Waals surface area contributed by atoms with Gasteiger partial charge in [0.05, 0.1) is 0 Å². The molecule has 0 aliphatic carbocycles. The molecule has 16 heavy (non-hydrogen) atoms. The second-order valence-corrected chi connectivity index (χ2v) is 4.46. The third-order valence-corrected chi connectivity index (χ3v) is 2.79. The van der Waals surface area contributed by atoms with Crippen LogP contribution in [0.5, 0.6) is 0 Å². The Morgan fingerprint density at radius 1 is 1.44 bits per heavy atom. The predicted molar refractivity (Wildman–Crippen MR) is 63.9 cm³/mol. The third kappa shape index (κ3) is 1.67. The van der Waals surface area contributed by atoms with Gasteiger partial charge in [0, 0.05) is 16.4 Å². The summed E-state index contributed by atoms with van der Waals surface area (Å²) in [6.07, 6.45) is 1.33. The highest BCUT2D eigenvalue weighted by molar-refractivity contribution is 9.10. The van der Waals surface area contributed by atoms with E-state index < -0.39 is 0 Å². The van der Waals surface area contributed by atoms with Gasteiger partial charge in [-0.05, 0) is 26.0 Å². The Morgan fingerprint density at radius 2 is 2.12 bits per heavy atom. The highest BCUT2D eigenvalue weighted by Gasteiger charge is 2.10. The first kappa shape index (κ1) is 11.0. The minimum Gasteiger partial charge on any atom is -0.294 e. The lowest BCUT2D eigenvalue weighted by atomic mass is 10.2. The standard InChI is InChI=1S/C11H9BrN2O2/c1-6-3-8(12)4-10-13-5-9(7(2)15)11(16)14(6)10/h3-5H,1-2H3. The highest BCUT2D eigenvalue weighted by Crippen LogP contribution is 2.13. The number of nitrogens with zero attached hydrogens (tertiary/aromatic N) is 2. The summed E-state index contributed by atoms with van der Waals surface area (Å²) in [5.74, 6) is -0.269. The van der Waals surface area contributed by atoms with E-state index in [9.17, 15) is 9.59 Å². The van der Waals surface area contributed by atoms with Crippen LogP contribution in [0.25, 0.3) is 5.65 Å². The van der Waals surface area contributed by atoms with Crippen LogP contribution in [0.2, 0.25) is 0 Å². The van der Waals surface area contributed by atoms with E-state index in [1.807, 2.05) is 0 Å². The van der Waals surface area contributed by atoms with Crippen LogP contribution in [0.1, 0.15) is 23.0 Å². The Bertz CT molecular complexity index is 646. The Balaban J connectivity index is 2.95. The maximum Gasteiger partial charge on any atom is 0.268 e. The fourth-order valence-corrected chi connectivity index (χ4v) is 2.12. The second-order valence-electron chi connectivity index (χ2n) is 3.54. The third-order valence-electron chi connectivity index (χ3n) is 2.33. The van der Waals surface area contributed by atoms with Crippen molar-refractivity contribution in [3.63, 3.8) is 0 Å². The molecule has 0 aliphatic heterocycles. The molecule has 0 saturated heterocycles. The van der Waals surface area contributed by atoms with Gasteiger partial charge >= 0.3 is 0 Å². The van der Waals surface area contributed by atoms with Gasteiger partial charge in [-0.2, -0.15) is 0 Å². The molecule has 0 radical (unpaired) electrons. The lowest BCUT2D eigenvalue weighted by Gasteiger charge is -2.06. The molecule has 0 aliphatic rings. The Labute approximate surface area is 100 Å². The molecular formula is C11H9BrN2O2. The lowest BCUT2D eigenvalue weighted by molar-refractivity contribution is 0.101. The van der Waals surface area contributed by atoms with Crippen molar-refractivity contribution in [1.82, 2.24) is 9.38 Å². The van der Waals surface area contributed by atoms with Crippen molar-refractivity contribution in [2.24, 2.45) is 0 Å². The zero-order chi connectivity index (χ0) is 11.9. The molecule has 82 valence electrons. The van der Waals surface area contributed by atoms with Crippen LogP contribution in [0.3, 0.4) is 0 Å². The average Bonchev–Trinajstić information content (AvgIpc) is 2.15. The topological polar surface area (TPSA) is 51.4 Å². The molecule has 0 aromatic carbocycles. The van der Waals surface area contributed by atoms with Crippen LogP contribution in [-0.2, 0) is 0 Å². The second kappa shape index (κ2) is 3.83. The number of carbonyl (C=O) groups is 1. The maximum absolute atomic E-state index is 12.0. The van der Waals surface area contributed by atoms with Gasteiger partial charge in [0.25, 0.3) is 5.56 Å². The molecular weight excluding hydrogens is 272 g/mol. The summed E-state index contributed by atoms with van der Waals surface area (Å²) in [4.78, 5) is 27.3. The van der Waals surface area contributed by atoms with Gasteiger partial charge in [-0.1, -0.05) is 15.9 Å². The van der Waals surface area contributed by atoms with Crippen molar-refractivity contribution in [3.05, 3.63) is 44.4 Å². The molecule has 0 spiro atoms. The van der Waals surface area contributed by atoms with E-state index in [1.54, 1.807) is 19.1 Å². The molecule has 0 fully saturated rings. The van der Waals surface area contributed by atoms with Gasteiger partial charge in [0.1, 0.15) is 11.2 Å². The van der Waals surface area contributed by atoms with Crippen LogP contribution in [0.4, 0.5) is 0 Å². The number of carbonyl (C=O) groups excluding carboxylic acids is 1. The fourth-order valence-electron chi connectivity index (χ4n) is 1.58. The van der Waals surface area contributed by atoms with E-state index >= 15 is 0 Å². The monoisotopic (exact) mass is 280 g/mol. The van der Waals surface area contributed by atoms with E-state index in [2.05, 4.69) is 20.9 Å². The van der Waals surface area contributed by atoms with Crippen molar-refractivity contribution in [3.8, 4) is 0 Å². The summed E-state index contributed by atoms with van der Waals surface area (Å²) in [6.45, 7) is 3.16. The number of aryl methyl sites for hydroxylation is 1. The van der Waals surface area contributed by atoms with E-state index in [0.717, 1.165) is 10.2 Å². The van der Waals surface area contributed by atoms with Crippen molar-refractivity contribution < 1.29 is 4.79 Å². The minimum absolute atomic E-state index is 0.114. The number of fused-ring (bicyclic) bond motifs is 1. The number of aromatic nitrogens is 2. The summed E-state index contributed by atoms with van der Waals surface area (Å²) in [5.41, 5.74) is 1.07. The predicted octanol–water partition coefficient (Wildman–Crippen LogP) is 1.97. The smallest absolute Gasteiger partial charge is 0.268 e.